The Labute approximate surface area is 264 Å². The Morgan fingerprint density at radius 2 is 1.13 bits per heavy atom. The second-order valence-electron chi connectivity index (χ2n) is 12.4. The van der Waals surface area contributed by atoms with Gasteiger partial charge < -0.3 is 13.7 Å². The van der Waals surface area contributed by atoms with Gasteiger partial charge in [0.1, 0.15) is 22.7 Å². The van der Waals surface area contributed by atoms with E-state index in [2.05, 4.69) is 150 Å². The van der Waals surface area contributed by atoms with Crippen molar-refractivity contribution in [3.8, 4) is 28.3 Å². The lowest BCUT2D eigenvalue weighted by atomic mass is 9.66. The maximum atomic E-state index is 6.58. The molecule has 3 heterocycles. The molecule has 7 aromatic carbocycles. The van der Waals surface area contributed by atoms with Gasteiger partial charge in [-0.1, -0.05) is 109 Å². The summed E-state index contributed by atoms with van der Waals surface area (Å²) in [6, 6.07) is 54.4. The van der Waals surface area contributed by atoms with Gasteiger partial charge in [0.25, 0.3) is 0 Å². The van der Waals surface area contributed by atoms with Crippen molar-refractivity contribution in [3.63, 3.8) is 0 Å². The van der Waals surface area contributed by atoms with Crippen molar-refractivity contribution in [2.75, 3.05) is 0 Å². The second-order valence-corrected chi connectivity index (χ2v) is 12.4. The molecule has 3 heteroatoms. The molecule has 1 aliphatic heterocycles. The highest BCUT2D eigenvalue weighted by Crippen LogP contribution is 2.63. The van der Waals surface area contributed by atoms with Crippen LogP contribution in [0.4, 0.5) is 0 Å². The van der Waals surface area contributed by atoms with E-state index < -0.39 is 5.41 Å². The van der Waals surface area contributed by atoms with Gasteiger partial charge in [0.15, 0.2) is 0 Å². The maximum Gasteiger partial charge on any atom is 0.137 e. The summed E-state index contributed by atoms with van der Waals surface area (Å²) < 4.78 is 15.5. The number of furan rings is 1. The SMILES string of the molecule is c1ccc(-n2c3cc4oc5ccccc5c4cc3c3ccc4c(c32)-c2ccccc2C42c3ccccc3Oc3ccccc32)cc1. The predicted molar refractivity (Wildman–Crippen MR) is 185 cm³/mol. The fourth-order valence-electron chi connectivity index (χ4n) is 8.50. The zero-order chi connectivity index (χ0) is 30.0. The Morgan fingerprint density at radius 3 is 1.93 bits per heavy atom. The molecule has 0 bridgehead atoms. The average molecular weight is 588 g/mol. The molecule has 1 aliphatic carbocycles. The Hall–Kier alpha value is -6.06. The fraction of sp³-hybridized carbons (Fsp3) is 0.0233. The van der Waals surface area contributed by atoms with E-state index in [1.165, 1.54) is 49.7 Å². The van der Waals surface area contributed by atoms with Crippen LogP contribution in [0.15, 0.2) is 156 Å². The first-order chi connectivity index (χ1) is 22.8. The minimum absolute atomic E-state index is 0.521. The molecule has 3 nitrogen and oxygen atoms in total. The Morgan fingerprint density at radius 1 is 0.457 bits per heavy atom. The lowest BCUT2D eigenvalue weighted by Gasteiger charge is -2.39. The van der Waals surface area contributed by atoms with Crippen LogP contribution in [0.1, 0.15) is 22.3 Å². The summed E-state index contributed by atoms with van der Waals surface area (Å²) in [7, 11) is 0. The van der Waals surface area contributed by atoms with Crippen LogP contribution in [-0.4, -0.2) is 4.57 Å². The van der Waals surface area contributed by atoms with Gasteiger partial charge in [-0.2, -0.15) is 0 Å². The van der Waals surface area contributed by atoms with Crippen LogP contribution in [0.3, 0.4) is 0 Å². The highest BCUT2D eigenvalue weighted by Gasteiger charge is 2.51. The van der Waals surface area contributed by atoms with Gasteiger partial charge in [0, 0.05) is 50.0 Å². The van der Waals surface area contributed by atoms with Crippen LogP contribution in [0, 0.1) is 0 Å². The molecule has 0 N–H and O–H groups in total. The van der Waals surface area contributed by atoms with Gasteiger partial charge in [0.05, 0.1) is 16.4 Å². The highest BCUT2D eigenvalue weighted by molar-refractivity contribution is 6.20. The summed E-state index contributed by atoms with van der Waals surface area (Å²) in [6.45, 7) is 0. The molecular weight excluding hydrogens is 562 g/mol. The third-order valence-electron chi connectivity index (χ3n) is 10.2. The maximum absolute atomic E-state index is 6.58. The van der Waals surface area contributed by atoms with E-state index >= 15 is 0 Å². The number of rotatable bonds is 1. The normalized spacial score (nSPS) is 14.0. The van der Waals surface area contributed by atoms with Gasteiger partial charge in [0.2, 0.25) is 0 Å². The van der Waals surface area contributed by atoms with Crippen molar-refractivity contribution in [3.05, 3.63) is 174 Å². The van der Waals surface area contributed by atoms with E-state index in [0.717, 1.165) is 44.6 Å². The van der Waals surface area contributed by atoms with Crippen LogP contribution in [0.25, 0.3) is 60.6 Å². The minimum Gasteiger partial charge on any atom is -0.457 e. The van der Waals surface area contributed by atoms with Gasteiger partial charge in [-0.15, -0.1) is 0 Å². The summed E-state index contributed by atoms with van der Waals surface area (Å²) in [6.07, 6.45) is 0. The molecule has 46 heavy (non-hydrogen) atoms. The van der Waals surface area contributed by atoms with Crippen molar-refractivity contribution < 1.29 is 9.15 Å². The number of benzene rings is 7. The molecular formula is C43H25NO2. The van der Waals surface area contributed by atoms with Crippen LogP contribution >= 0.6 is 0 Å². The summed E-state index contributed by atoms with van der Waals surface area (Å²) in [5, 5.41) is 4.72. The van der Waals surface area contributed by atoms with E-state index in [9.17, 15) is 0 Å². The van der Waals surface area contributed by atoms with Gasteiger partial charge in [-0.3, -0.25) is 0 Å². The molecule has 2 aromatic heterocycles. The molecule has 0 amide bonds. The number of nitrogens with zero attached hydrogens (tertiary/aromatic N) is 1. The van der Waals surface area contributed by atoms with E-state index in [0.29, 0.717) is 0 Å². The summed E-state index contributed by atoms with van der Waals surface area (Å²) >= 11 is 0. The van der Waals surface area contributed by atoms with Crippen LogP contribution in [0.5, 0.6) is 11.5 Å². The van der Waals surface area contributed by atoms with Crippen molar-refractivity contribution in [2.24, 2.45) is 0 Å². The first kappa shape index (κ1) is 24.3. The lowest BCUT2D eigenvalue weighted by molar-refractivity contribution is 0.436. The van der Waals surface area contributed by atoms with Crippen molar-refractivity contribution in [1.82, 2.24) is 4.57 Å². The molecule has 0 fully saturated rings. The first-order valence-corrected chi connectivity index (χ1v) is 15.8. The molecule has 1 spiro atoms. The summed E-state index contributed by atoms with van der Waals surface area (Å²) in [5.74, 6) is 1.81. The number of hydrogen-bond acceptors (Lipinski definition) is 2. The number of para-hydroxylation sites is 4. The molecule has 9 aromatic rings. The predicted octanol–water partition coefficient (Wildman–Crippen LogP) is 11.2. The zero-order valence-electron chi connectivity index (χ0n) is 24.7. The van der Waals surface area contributed by atoms with Crippen LogP contribution < -0.4 is 4.74 Å². The third kappa shape index (κ3) is 2.84. The quantitative estimate of drug-likeness (QED) is 0.191. The van der Waals surface area contributed by atoms with Crippen LogP contribution in [0.2, 0.25) is 0 Å². The van der Waals surface area contributed by atoms with Gasteiger partial charge in [-0.05, 0) is 53.1 Å². The topological polar surface area (TPSA) is 27.3 Å². The molecule has 214 valence electrons. The molecule has 2 aliphatic rings. The van der Waals surface area contributed by atoms with Crippen LogP contribution in [-0.2, 0) is 5.41 Å². The molecule has 11 rings (SSSR count). The molecule has 0 radical (unpaired) electrons. The zero-order valence-corrected chi connectivity index (χ0v) is 24.7. The fourth-order valence-corrected chi connectivity index (χ4v) is 8.50. The lowest BCUT2D eigenvalue weighted by Crippen LogP contribution is -2.32. The third-order valence-corrected chi connectivity index (χ3v) is 10.2. The van der Waals surface area contributed by atoms with Crippen molar-refractivity contribution in [1.29, 1.82) is 0 Å². The molecule has 0 unspecified atom stereocenters. The largest absolute Gasteiger partial charge is 0.457 e. The monoisotopic (exact) mass is 587 g/mol. The van der Waals surface area contributed by atoms with E-state index in [-0.39, 0.29) is 0 Å². The number of hydrogen-bond donors (Lipinski definition) is 0. The minimum atomic E-state index is -0.521. The average Bonchev–Trinajstić information content (AvgIpc) is 3.74. The van der Waals surface area contributed by atoms with Crippen molar-refractivity contribution >= 4 is 43.7 Å². The summed E-state index contributed by atoms with van der Waals surface area (Å²) in [4.78, 5) is 0. The van der Waals surface area contributed by atoms with Crippen molar-refractivity contribution in [2.45, 2.75) is 5.41 Å². The van der Waals surface area contributed by atoms with Gasteiger partial charge >= 0.3 is 0 Å². The number of fused-ring (bicyclic) bond motifs is 16. The van der Waals surface area contributed by atoms with E-state index in [1.54, 1.807) is 0 Å². The van der Waals surface area contributed by atoms with E-state index in [4.69, 9.17) is 9.15 Å². The smallest absolute Gasteiger partial charge is 0.137 e. The van der Waals surface area contributed by atoms with E-state index in [1.807, 2.05) is 6.07 Å². The number of ether oxygens (including phenoxy) is 1. The Balaban J connectivity index is 1.36. The molecule has 0 saturated heterocycles. The number of aromatic nitrogens is 1. The second kappa shape index (κ2) is 8.56. The standard InChI is InChI=1S/C43H25NO2/c1-2-12-26(13-3-1)44-36-25-40-31(27-14-5-9-19-37(27)45-40)24-30(36)28-22-23-35-41(42(28)44)29-15-4-6-16-32(29)43(35)33-17-7-10-20-38(33)46-39-21-11-8-18-34(39)43/h1-25H. The first-order valence-electron chi connectivity index (χ1n) is 15.8. The highest BCUT2D eigenvalue weighted by atomic mass is 16.5. The molecule has 0 saturated carbocycles. The molecule has 0 atom stereocenters. The van der Waals surface area contributed by atoms with Gasteiger partial charge in [-0.25, -0.2) is 0 Å². The Kier molecular flexibility index (Phi) is 4.52. The Bertz CT molecular complexity index is 2680. The summed E-state index contributed by atoms with van der Waals surface area (Å²) in [5.41, 5.74) is 12.2.